The molecule has 0 bridgehead atoms. The van der Waals surface area contributed by atoms with Crippen molar-refractivity contribution >= 4 is 34.8 Å². The molecule has 0 amide bonds. The SMILES string of the molecule is CCC(CCl)(CCl)NCc1cc(Cl)ccc1OC. The van der Waals surface area contributed by atoms with E-state index in [0.717, 1.165) is 17.7 Å². The van der Waals surface area contributed by atoms with Crippen LogP contribution in [-0.4, -0.2) is 24.4 Å². The van der Waals surface area contributed by atoms with Crippen LogP contribution in [0.2, 0.25) is 5.02 Å². The molecular formula is C13H18Cl3NO. The van der Waals surface area contributed by atoms with Crippen LogP contribution in [-0.2, 0) is 6.54 Å². The van der Waals surface area contributed by atoms with Crippen LogP contribution in [0.4, 0.5) is 0 Å². The first-order valence-corrected chi connectivity index (χ1v) is 7.25. The Labute approximate surface area is 124 Å². The number of methoxy groups -OCH3 is 1. The summed E-state index contributed by atoms with van der Waals surface area (Å²) >= 11 is 18.0. The Kier molecular flexibility index (Phi) is 6.58. The van der Waals surface area contributed by atoms with Gasteiger partial charge in [-0.25, -0.2) is 0 Å². The lowest BCUT2D eigenvalue weighted by atomic mass is 10.0. The molecule has 0 aliphatic heterocycles. The molecule has 0 saturated heterocycles. The highest BCUT2D eigenvalue weighted by molar-refractivity contribution is 6.30. The highest BCUT2D eigenvalue weighted by Crippen LogP contribution is 2.24. The minimum Gasteiger partial charge on any atom is -0.496 e. The Morgan fingerprint density at radius 3 is 2.44 bits per heavy atom. The lowest BCUT2D eigenvalue weighted by Crippen LogP contribution is -2.47. The fourth-order valence-electron chi connectivity index (χ4n) is 1.61. The summed E-state index contributed by atoms with van der Waals surface area (Å²) in [7, 11) is 1.64. The molecule has 0 spiro atoms. The van der Waals surface area contributed by atoms with E-state index in [0.29, 0.717) is 23.3 Å². The van der Waals surface area contributed by atoms with Crippen LogP contribution < -0.4 is 10.1 Å². The van der Waals surface area contributed by atoms with Crippen LogP contribution in [0.25, 0.3) is 0 Å². The largest absolute Gasteiger partial charge is 0.496 e. The number of nitrogens with one attached hydrogen (secondary N) is 1. The van der Waals surface area contributed by atoms with Crippen molar-refractivity contribution in [1.29, 1.82) is 0 Å². The van der Waals surface area contributed by atoms with Crippen LogP contribution in [0, 0.1) is 0 Å². The van der Waals surface area contributed by atoms with Gasteiger partial charge in [-0.05, 0) is 24.6 Å². The van der Waals surface area contributed by atoms with Crippen molar-refractivity contribution in [2.24, 2.45) is 0 Å². The molecule has 1 rings (SSSR count). The zero-order valence-electron chi connectivity index (χ0n) is 10.6. The fraction of sp³-hybridized carbons (Fsp3) is 0.538. The van der Waals surface area contributed by atoms with Gasteiger partial charge in [-0.3, -0.25) is 0 Å². The molecule has 0 aromatic heterocycles. The number of hydrogen-bond donors (Lipinski definition) is 1. The highest BCUT2D eigenvalue weighted by atomic mass is 35.5. The van der Waals surface area contributed by atoms with E-state index in [-0.39, 0.29) is 5.54 Å². The second-order valence-corrected chi connectivity index (χ2v) is 5.18. The van der Waals surface area contributed by atoms with Gasteiger partial charge >= 0.3 is 0 Å². The van der Waals surface area contributed by atoms with Crippen LogP contribution in [0.3, 0.4) is 0 Å². The molecule has 5 heteroatoms. The molecule has 1 N–H and O–H groups in total. The molecule has 1 aromatic carbocycles. The monoisotopic (exact) mass is 309 g/mol. The summed E-state index contributed by atoms with van der Waals surface area (Å²) in [5.74, 6) is 1.74. The number of benzene rings is 1. The number of alkyl halides is 2. The Morgan fingerprint density at radius 1 is 1.28 bits per heavy atom. The van der Waals surface area contributed by atoms with E-state index < -0.39 is 0 Å². The van der Waals surface area contributed by atoms with Gasteiger partial charge in [0.15, 0.2) is 0 Å². The molecule has 0 radical (unpaired) electrons. The highest BCUT2D eigenvalue weighted by Gasteiger charge is 2.25. The lowest BCUT2D eigenvalue weighted by molar-refractivity contribution is 0.372. The average molecular weight is 311 g/mol. The summed E-state index contributed by atoms with van der Waals surface area (Å²) < 4.78 is 5.30. The van der Waals surface area contributed by atoms with Crippen LogP contribution in [0.5, 0.6) is 5.75 Å². The van der Waals surface area contributed by atoms with Crippen molar-refractivity contribution in [2.45, 2.75) is 25.4 Å². The molecule has 0 saturated carbocycles. The van der Waals surface area contributed by atoms with Gasteiger partial charge in [0.25, 0.3) is 0 Å². The molecular weight excluding hydrogens is 293 g/mol. The molecule has 102 valence electrons. The quantitative estimate of drug-likeness (QED) is 0.767. The maximum absolute atomic E-state index is 5.99. The van der Waals surface area contributed by atoms with Gasteiger partial charge in [0.1, 0.15) is 5.75 Å². The molecule has 0 atom stereocenters. The van der Waals surface area contributed by atoms with Gasteiger partial charge in [-0.2, -0.15) is 0 Å². The van der Waals surface area contributed by atoms with E-state index in [4.69, 9.17) is 39.5 Å². The van der Waals surface area contributed by atoms with Gasteiger partial charge < -0.3 is 10.1 Å². The number of halogens is 3. The van der Waals surface area contributed by atoms with Gasteiger partial charge in [0.2, 0.25) is 0 Å². The minimum atomic E-state index is -0.254. The maximum Gasteiger partial charge on any atom is 0.123 e. The topological polar surface area (TPSA) is 21.3 Å². The normalized spacial score (nSPS) is 11.6. The van der Waals surface area contributed by atoms with Gasteiger partial charge in [-0.15, -0.1) is 23.2 Å². The van der Waals surface area contributed by atoms with E-state index in [9.17, 15) is 0 Å². The molecule has 0 fully saturated rings. The Balaban J connectivity index is 2.81. The van der Waals surface area contributed by atoms with Crippen molar-refractivity contribution in [3.63, 3.8) is 0 Å². The Morgan fingerprint density at radius 2 is 1.94 bits per heavy atom. The number of hydrogen-bond acceptors (Lipinski definition) is 2. The first-order valence-electron chi connectivity index (χ1n) is 5.80. The van der Waals surface area contributed by atoms with Crippen molar-refractivity contribution < 1.29 is 4.74 Å². The Bertz CT molecular complexity index is 372. The van der Waals surface area contributed by atoms with Gasteiger partial charge in [0, 0.05) is 34.4 Å². The lowest BCUT2D eigenvalue weighted by Gasteiger charge is -2.30. The van der Waals surface area contributed by atoms with Crippen molar-refractivity contribution in [3.8, 4) is 5.75 Å². The molecule has 18 heavy (non-hydrogen) atoms. The fourth-order valence-corrected chi connectivity index (χ4v) is 2.66. The summed E-state index contributed by atoms with van der Waals surface area (Å²) in [4.78, 5) is 0. The summed E-state index contributed by atoms with van der Waals surface area (Å²) in [6.45, 7) is 2.68. The predicted molar refractivity (Wildman–Crippen MR) is 79.3 cm³/mol. The summed E-state index contributed by atoms with van der Waals surface area (Å²) in [6, 6.07) is 5.55. The first kappa shape index (κ1) is 15.9. The van der Waals surface area contributed by atoms with Crippen LogP contribution in [0.15, 0.2) is 18.2 Å². The minimum absolute atomic E-state index is 0.254. The van der Waals surface area contributed by atoms with E-state index in [1.165, 1.54) is 0 Å². The second kappa shape index (κ2) is 7.44. The molecule has 2 nitrogen and oxygen atoms in total. The summed E-state index contributed by atoms with van der Waals surface area (Å²) in [6.07, 6.45) is 0.864. The van der Waals surface area contributed by atoms with E-state index >= 15 is 0 Å². The van der Waals surface area contributed by atoms with E-state index in [1.54, 1.807) is 13.2 Å². The summed E-state index contributed by atoms with van der Waals surface area (Å²) in [5.41, 5.74) is 0.745. The third-order valence-electron chi connectivity index (χ3n) is 3.08. The maximum atomic E-state index is 5.99. The van der Waals surface area contributed by atoms with E-state index in [2.05, 4.69) is 12.2 Å². The standard InChI is InChI=1S/C13H18Cl3NO/c1-3-13(8-14,9-15)17-7-10-6-11(16)4-5-12(10)18-2/h4-6,17H,3,7-9H2,1-2H3. The Hall–Kier alpha value is -0.150. The molecule has 1 aromatic rings. The molecule has 0 unspecified atom stereocenters. The van der Waals surface area contributed by atoms with Crippen molar-refractivity contribution in [1.82, 2.24) is 5.32 Å². The van der Waals surface area contributed by atoms with Crippen molar-refractivity contribution in [3.05, 3.63) is 28.8 Å². The third kappa shape index (κ3) is 3.92. The van der Waals surface area contributed by atoms with Crippen LogP contribution >= 0.6 is 34.8 Å². The van der Waals surface area contributed by atoms with Gasteiger partial charge in [-0.1, -0.05) is 18.5 Å². The molecule has 0 aliphatic rings. The molecule has 0 aliphatic carbocycles. The smallest absolute Gasteiger partial charge is 0.123 e. The molecule has 0 heterocycles. The number of rotatable bonds is 7. The third-order valence-corrected chi connectivity index (χ3v) is 4.34. The van der Waals surface area contributed by atoms with Crippen LogP contribution in [0.1, 0.15) is 18.9 Å². The summed E-state index contributed by atoms with van der Waals surface area (Å²) in [5, 5.41) is 4.08. The zero-order valence-corrected chi connectivity index (χ0v) is 12.9. The predicted octanol–water partition coefficient (Wildman–Crippen LogP) is 4.06. The second-order valence-electron chi connectivity index (χ2n) is 4.21. The first-order chi connectivity index (χ1) is 8.60. The van der Waals surface area contributed by atoms with Gasteiger partial charge in [0.05, 0.1) is 7.11 Å². The average Bonchev–Trinajstić information content (AvgIpc) is 2.41. The number of ether oxygens (including phenoxy) is 1. The van der Waals surface area contributed by atoms with Crippen molar-refractivity contribution in [2.75, 3.05) is 18.9 Å². The zero-order chi connectivity index (χ0) is 13.6. The van der Waals surface area contributed by atoms with E-state index in [1.807, 2.05) is 12.1 Å².